The average molecular weight is 455 g/mol. The van der Waals surface area contributed by atoms with Crippen LogP contribution in [0.4, 0.5) is 10.5 Å². The fourth-order valence-electron chi connectivity index (χ4n) is 3.01. The zero-order valence-corrected chi connectivity index (χ0v) is 19.3. The van der Waals surface area contributed by atoms with Crippen molar-refractivity contribution in [1.82, 2.24) is 5.32 Å². The lowest BCUT2D eigenvalue weighted by molar-refractivity contribution is -0.111. The van der Waals surface area contributed by atoms with E-state index < -0.39 is 23.6 Å². The van der Waals surface area contributed by atoms with Crippen LogP contribution in [0, 0.1) is 0 Å². The summed E-state index contributed by atoms with van der Waals surface area (Å²) in [5.74, 6) is -0.845. The van der Waals surface area contributed by atoms with Gasteiger partial charge in [0, 0.05) is 12.6 Å². The predicted molar refractivity (Wildman–Crippen MR) is 127 cm³/mol. The molecular formula is C25H30N2O6. The van der Waals surface area contributed by atoms with Crippen LogP contribution in [-0.2, 0) is 16.0 Å². The summed E-state index contributed by atoms with van der Waals surface area (Å²) in [4.78, 5) is 35.3. The molecular weight excluding hydrogens is 424 g/mol. The number of hydrogen-bond donors (Lipinski definition) is 3. The Morgan fingerprint density at radius 2 is 1.82 bits per heavy atom. The number of carbonyl (C=O) groups excluding carboxylic acids is 2. The SMILES string of the molecule is COc1ccc(C=CC(=O)Nc2ccccc2C(=O)O)cc1CCCNC(=O)OC(C)(C)C. The van der Waals surface area contributed by atoms with E-state index in [1.807, 2.05) is 39.0 Å². The van der Waals surface area contributed by atoms with Crippen molar-refractivity contribution in [3.63, 3.8) is 0 Å². The average Bonchev–Trinajstić information content (AvgIpc) is 2.74. The fourth-order valence-corrected chi connectivity index (χ4v) is 3.01. The number of alkyl carbamates (subject to hydrolysis) is 1. The van der Waals surface area contributed by atoms with E-state index in [4.69, 9.17) is 9.47 Å². The monoisotopic (exact) mass is 454 g/mol. The molecule has 8 heteroatoms. The van der Waals surface area contributed by atoms with Crippen LogP contribution in [0.25, 0.3) is 6.08 Å². The van der Waals surface area contributed by atoms with E-state index in [1.165, 1.54) is 18.2 Å². The third kappa shape index (κ3) is 8.68. The number of aromatic carboxylic acids is 1. The normalized spacial score (nSPS) is 11.2. The van der Waals surface area contributed by atoms with E-state index in [1.54, 1.807) is 25.3 Å². The summed E-state index contributed by atoms with van der Waals surface area (Å²) in [6, 6.07) is 11.7. The van der Waals surface area contributed by atoms with Gasteiger partial charge in [0.2, 0.25) is 5.91 Å². The number of carbonyl (C=O) groups is 3. The van der Waals surface area contributed by atoms with E-state index in [2.05, 4.69) is 10.6 Å². The number of nitrogens with one attached hydrogen (secondary N) is 2. The van der Waals surface area contributed by atoms with Crippen molar-refractivity contribution in [3.05, 3.63) is 65.2 Å². The number of rotatable bonds is 9. The van der Waals surface area contributed by atoms with Crippen LogP contribution >= 0.6 is 0 Å². The molecule has 0 unspecified atom stereocenters. The van der Waals surface area contributed by atoms with Crippen LogP contribution in [0.2, 0.25) is 0 Å². The third-order valence-electron chi connectivity index (χ3n) is 4.44. The van der Waals surface area contributed by atoms with Gasteiger partial charge in [0.15, 0.2) is 0 Å². The van der Waals surface area contributed by atoms with Crippen molar-refractivity contribution >= 4 is 29.7 Å². The summed E-state index contributed by atoms with van der Waals surface area (Å²) in [5.41, 5.74) is 1.42. The summed E-state index contributed by atoms with van der Waals surface area (Å²) in [7, 11) is 1.58. The molecule has 0 spiro atoms. The van der Waals surface area contributed by atoms with Gasteiger partial charge in [-0.1, -0.05) is 18.2 Å². The third-order valence-corrected chi connectivity index (χ3v) is 4.44. The maximum atomic E-state index is 12.3. The van der Waals surface area contributed by atoms with Gasteiger partial charge in [-0.3, -0.25) is 4.79 Å². The van der Waals surface area contributed by atoms with Gasteiger partial charge in [0.05, 0.1) is 18.4 Å². The zero-order chi connectivity index (χ0) is 24.4. The minimum atomic E-state index is -1.11. The van der Waals surface area contributed by atoms with Crippen molar-refractivity contribution < 1.29 is 29.0 Å². The van der Waals surface area contributed by atoms with Crippen LogP contribution < -0.4 is 15.4 Å². The number of ether oxygens (including phenoxy) is 2. The van der Waals surface area contributed by atoms with Crippen molar-refractivity contribution in [1.29, 1.82) is 0 Å². The Morgan fingerprint density at radius 1 is 1.09 bits per heavy atom. The van der Waals surface area contributed by atoms with Gasteiger partial charge in [-0.15, -0.1) is 0 Å². The van der Waals surface area contributed by atoms with E-state index in [-0.39, 0.29) is 11.3 Å². The highest BCUT2D eigenvalue weighted by Crippen LogP contribution is 2.22. The first-order valence-electron chi connectivity index (χ1n) is 10.5. The van der Waals surface area contributed by atoms with Crippen LogP contribution in [0.15, 0.2) is 48.5 Å². The number of hydrogen-bond acceptors (Lipinski definition) is 5. The second-order valence-corrected chi connectivity index (χ2v) is 8.28. The molecule has 0 aliphatic carbocycles. The molecule has 3 N–H and O–H groups in total. The lowest BCUT2D eigenvalue weighted by Crippen LogP contribution is -2.33. The number of carboxylic acid groups (broad SMARTS) is 1. The first-order valence-corrected chi connectivity index (χ1v) is 10.5. The molecule has 0 aliphatic rings. The highest BCUT2D eigenvalue weighted by molar-refractivity contribution is 6.06. The largest absolute Gasteiger partial charge is 0.496 e. The number of aryl methyl sites for hydroxylation is 1. The van der Waals surface area contributed by atoms with Gasteiger partial charge in [-0.05, 0) is 75.1 Å². The van der Waals surface area contributed by atoms with E-state index in [9.17, 15) is 19.5 Å². The second kappa shape index (κ2) is 11.7. The van der Waals surface area contributed by atoms with Crippen LogP contribution in [0.5, 0.6) is 5.75 Å². The molecule has 0 saturated heterocycles. The maximum Gasteiger partial charge on any atom is 0.407 e. The summed E-state index contributed by atoms with van der Waals surface area (Å²) in [6.45, 7) is 5.87. The standard InChI is InChI=1S/C25H30N2O6/c1-25(2,3)33-24(31)26-15-7-8-18-16-17(11-13-21(18)32-4)12-14-22(28)27-20-10-6-5-9-19(20)23(29)30/h5-6,9-14,16H,7-8,15H2,1-4H3,(H,26,31)(H,27,28)(H,29,30). The number of amides is 2. The van der Waals surface area contributed by atoms with Crippen LogP contribution in [-0.4, -0.2) is 42.3 Å². The molecule has 0 heterocycles. The fraction of sp³-hybridized carbons (Fsp3) is 0.320. The number of methoxy groups -OCH3 is 1. The lowest BCUT2D eigenvalue weighted by Gasteiger charge is -2.19. The molecule has 0 aliphatic heterocycles. The molecule has 2 aromatic rings. The quantitative estimate of drug-likeness (QED) is 0.380. The Labute approximate surface area is 193 Å². The van der Waals surface area contributed by atoms with Gasteiger partial charge in [0.25, 0.3) is 0 Å². The number of anilines is 1. The Morgan fingerprint density at radius 3 is 2.48 bits per heavy atom. The van der Waals surface area contributed by atoms with Crippen molar-refractivity contribution in [2.75, 3.05) is 19.0 Å². The Balaban J connectivity index is 1.98. The Bertz CT molecular complexity index is 1020. The molecule has 2 amide bonds. The minimum absolute atomic E-state index is 0.0194. The topological polar surface area (TPSA) is 114 Å². The summed E-state index contributed by atoms with van der Waals surface area (Å²) in [6.07, 6.45) is 3.85. The van der Waals surface area contributed by atoms with Gasteiger partial charge in [-0.2, -0.15) is 0 Å². The molecule has 0 aromatic heterocycles. The van der Waals surface area contributed by atoms with Gasteiger partial charge < -0.3 is 25.2 Å². The summed E-state index contributed by atoms with van der Waals surface area (Å²) < 4.78 is 10.6. The molecule has 0 saturated carbocycles. The summed E-state index contributed by atoms with van der Waals surface area (Å²) >= 11 is 0. The Kier molecular flexibility index (Phi) is 9.03. The first-order chi connectivity index (χ1) is 15.6. The van der Waals surface area contributed by atoms with Crippen molar-refractivity contribution in [3.8, 4) is 5.75 Å². The highest BCUT2D eigenvalue weighted by Gasteiger charge is 2.15. The van der Waals surface area contributed by atoms with Gasteiger partial charge >= 0.3 is 12.1 Å². The molecule has 2 rings (SSSR count). The summed E-state index contributed by atoms with van der Waals surface area (Å²) in [5, 5.41) is 14.5. The smallest absolute Gasteiger partial charge is 0.407 e. The van der Waals surface area contributed by atoms with E-state index >= 15 is 0 Å². The molecule has 2 aromatic carbocycles. The van der Waals surface area contributed by atoms with Crippen molar-refractivity contribution in [2.24, 2.45) is 0 Å². The molecule has 0 fully saturated rings. The maximum absolute atomic E-state index is 12.3. The van der Waals surface area contributed by atoms with Crippen molar-refractivity contribution in [2.45, 2.75) is 39.2 Å². The van der Waals surface area contributed by atoms with Gasteiger partial charge in [0.1, 0.15) is 11.4 Å². The van der Waals surface area contributed by atoms with Crippen LogP contribution in [0.3, 0.4) is 0 Å². The van der Waals surface area contributed by atoms with Gasteiger partial charge in [-0.25, -0.2) is 9.59 Å². The number of benzene rings is 2. The molecule has 8 nitrogen and oxygen atoms in total. The molecule has 0 radical (unpaired) electrons. The highest BCUT2D eigenvalue weighted by atomic mass is 16.6. The minimum Gasteiger partial charge on any atom is -0.496 e. The predicted octanol–water partition coefficient (Wildman–Crippen LogP) is 4.50. The molecule has 0 bridgehead atoms. The van der Waals surface area contributed by atoms with E-state index in [0.717, 1.165) is 11.1 Å². The zero-order valence-electron chi connectivity index (χ0n) is 19.3. The number of carboxylic acids is 1. The first kappa shape index (κ1) is 25.5. The second-order valence-electron chi connectivity index (χ2n) is 8.28. The molecule has 33 heavy (non-hydrogen) atoms. The number of para-hydroxylation sites is 1. The Hall–Kier alpha value is -3.81. The van der Waals surface area contributed by atoms with E-state index in [0.29, 0.717) is 25.1 Å². The molecule has 176 valence electrons. The lowest BCUT2D eigenvalue weighted by atomic mass is 10.0. The molecule has 0 atom stereocenters. The van der Waals surface area contributed by atoms with Crippen LogP contribution in [0.1, 0.15) is 48.7 Å².